The van der Waals surface area contributed by atoms with Crippen LogP contribution in [0.1, 0.15) is 64.5 Å². The van der Waals surface area contributed by atoms with Gasteiger partial charge in [0.1, 0.15) is 0 Å². The highest BCUT2D eigenvalue weighted by Crippen LogP contribution is 2.18. The van der Waals surface area contributed by atoms with Crippen LogP contribution in [0.4, 0.5) is 0 Å². The van der Waals surface area contributed by atoms with Gasteiger partial charge in [0.2, 0.25) is 10.0 Å². The Morgan fingerprint density at radius 3 is 2.19 bits per heavy atom. The van der Waals surface area contributed by atoms with Crippen molar-refractivity contribution in [1.29, 1.82) is 0 Å². The van der Waals surface area contributed by atoms with Crippen molar-refractivity contribution >= 4 is 10.0 Å². The third kappa shape index (κ3) is 6.16. The molecule has 3 N–H and O–H groups in total. The summed E-state index contributed by atoms with van der Waals surface area (Å²) in [6.45, 7) is 6.52. The fourth-order valence-corrected chi connectivity index (χ4v) is 3.02. The van der Waals surface area contributed by atoms with Crippen molar-refractivity contribution < 1.29 is 8.42 Å². The summed E-state index contributed by atoms with van der Waals surface area (Å²) >= 11 is 0. The van der Waals surface area contributed by atoms with Crippen molar-refractivity contribution in [1.82, 2.24) is 5.32 Å². The van der Waals surface area contributed by atoms with E-state index in [1.165, 1.54) is 32.1 Å². The molecule has 0 saturated heterocycles. The van der Waals surface area contributed by atoms with Crippen molar-refractivity contribution in [2.24, 2.45) is 5.14 Å². The average molecular weight is 312 g/mol. The Balaban J connectivity index is 2.71. The molecule has 4 nitrogen and oxygen atoms in total. The number of nitrogens with one attached hydrogen (secondary N) is 1. The minimum Gasteiger partial charge on any atom is -0.307 e. The molecule has 21 heavy (non-hydrogen) atoms. The molecule has 0 aliphatic rings. The zero-order valence-corrected chi connectivity index (χ0v) is 14.1. The second-order valence-electron chi connectivity index (χ2n) is 5.63. The molecule has 5 heteroatoms. The SMILES string of the molecule is CCCCC(CCC)NC(C)c1ccc(S(N)(=O)=O)cc1. The zero-order valence-electron chi connectivity index (χ0n) is 13.3. The van der Waals surface area contributed by atoms with Crippen LogP contribution in [0.2, 0.25) is 0 Å². The summed E-state index contributed by atoms with van der Waals surface area (Å²) in [7, 11) is -3.61. The lowest BCUT2D eigenvalue weighted by atomic mass is 10.0. The number of unbranched alkanes of at least 4 members (excludes halogenated alkanes) is 1. The van der Waals surface area contributed by atoms with E-state index in [2.05, 4.69) is 26.1 Å². The van der Waals surface area contributed by atoms with Gasteiger partial charge in [-0.3, -0.25) is 0 Å². The maximum absolute atomic E-state index is 11.3. The van der Waals surface area contributed by atoms with Gasteiger partial charge in [0, 0.05) is 12.1 Å². The molecule has 0 bridgehead atoms. The summed E-state index contributed by atoms with van der Waals surface area (Å²) < 4.78 is 22.5. The van der Waals surface area contributed by atoms with E-state index in [0.717, 1.165) is 5.56 Å². The summed E-state index contributed by atoms with van der Waals surface area (Å²) in [5.41, 5.74) is 1.08. The lowest BCUT2D eigenvalue weighted by molar-refractivity contribution is 0.396. The second kappa shape index (κ2) is 8.51. The highest BCUT2D eigenvalue weighted by molar-refractivity contribution is 7.89. The van der Waals surface area contributed by atoms with Crippen LogP contribution in [-0.4, -0.2) is 14.5 Å². The summed E-state index contributed by atoms with van der Waals surface area (Å²) in [6.07, 6.45) is 5.95. The third-order valence-electron chi connectivity index (χ3n) is 3.74. The number of hydrogen-bond donors (Lipinski definition) is 2. The lowest BCUT2D eigenvalue weighted by Gasteiger charge is -2.23. The van der Waals surface area contributed by atoms with E-state index in [0.29, 0.717) is 6.04 Å². The van der Waals surface area contributed by atoms with Crippen LogP contribution in [0.25, 0.3) is 0 Å². The first kappa shape index (κ1) is 18.1. The molecule has 0 fully saturated rings. The van der Waals surface area contributed by atoms with Crippen molar-refractivity contribution in [3.8, 4) is 0 Å². The molecular formula is C16H28N2O2S. The Morgan fingerprint density at radius 2 is 1.71 bits per heavy atom. The smallest absolute Gasteiger partial charge is 0.238 e. The summed E-state index contributed by atoms with van der Waals surface area (Å²) in [4.78, 5) is 0.162. The van der Waals surface area contributed by atoms with Crippen molar-refractivity contribution in [3.63, 3.8) is 0 Å². The van der Waals surface area contributed by atoms with E-state index in [1.807, 2.05) is 12.1 Å². The van der Waals surface area contributed by atoms with Gasteiger partial charge in [-0.2, -0.15) is 0 Å². The molecular weight excluding hydrogens is 284 g/mol. The minimum absolute atomic E-state index is 0.162. The summed E-state index contributed by atoms with van der Waals surface area (Å²) in [5, 5.41) is 8.76. The Bertz CT molecular complexity index is 512. The molecule has 0 radical (unpaired) electrons. The summed E-state index contributed by atoms with van der Waals surface area (Å²) in [6, 6.07) is 7.53. The highest BCUT2D eigenvalue weighted by Gasteiger charge is 2.13. The standard InChI is InChI=1S/C16H28N2O2S/c1-4-6-8-15(7-5-2)18-13(3)14-9-11-16(12-10-14)21(17,19)20/h9-13,15,18H,4-8H2,1-3H3,(H2,17,19,20). The fourth-order valence-electron chi connectivity index (χ4n) is 2.51. The number of sulfonamides is 1. The second-order valence-corrected chi connectivity index (χ2v) is 7.19. The predicted molar refractivity (Wildman–Crippen MR) is 87.6 cm³/mol. The first-order chi connectivity index (χ1) is 9.88. The number of rotatable bonds is 9. The molecule has 0 amide bonds. The number of primary sulfonamides is 1. The van der Waals surface area contributed by atoms with Crippen molar-refractivity contribution in [2.45, 2.75) is 69.9 Å². The molecule has 0 aliphatic heterocycles. The van der Waals surface area contributed by atoms with Gasteiger partial charge in [-0.05, 0) is 37.5 Å². The Morgan fingerprint density at radius 1 is 1.10 bits per heavy atom. The van der Waals surface area contributed by atoms with E-state index in [4.69, 9.17) is 5.14 Å². The quantitative estimate of drug-likeness (QED) is 0.734. The first-order valence-corrected chi connectivity index (χ1v) is 9.31. The normalized spacial score (nSPS) is 14.9. The van der Waals surface area contributed by atoms with E-state index < -0.39 is 10.0 Å². The van der Waals surface area contributed by atoms with Crippen molar-refractivity contribution in [2.75, 3.05) is 0 Å². The summed E-state index contributed by atoms with van der Waals surface area (Å²) in [5.74, 6) is 0. The Labute approximate surface area is 129 Å². The van der Waals surface area contributed by atoms with Crippen molar-refractivity contribution in [3.05, 3.63) is 29.8 Å². The molecule has 2 unspecified atom stereocenters. The van der Waals surface area contributed by atoms with Gasteiger partial charge in [-0.15, -0.1) is 0 Å². The molecule has 0 aliphatic carbocycles. The van der Waals surface area contributed by atoms with Crippen LogP contribution in [-0.2, 0) is 10.0 Å². The van der Waals surface area contributed by atoms with Crippen LogP contribution >= 0.6 is 0 Å². The Hall–Kier alpha value is -0.910. The zero-order chi connectivity index (χ0) is 15.9. The number of nitrogens with two attached hydrogens (primary N) is 1. The molecule has 2 atom stereocenters. The Kier molecular flexibility index (Phi) is 7.35. The van der Waals surface area contributed by atoms with E-state index in [9.17, 15) is 8.42 Å². The van der Waals surface area contributed by atoms with Crippen LogP contribution in [0.15, 0.2) is 29.2 Å². The van der Waals surface area contributed by atoms with Gasteiger partial charge < -0.3 is 5.32 Å². The van der Waals surface area contributed by atoms with Gasteiger partial charge >= 0.3 is 0 Å². The van der Waals surface area contributed by atoms with Gasteiger partial charge in [0.25, 0.3) is 0 Å². The van der Waals surface area contributed by atoms with Crippen LogP contribution < -0.4 is 10.5 Å². The van der Waals surface area contributed by atoms with E-state index in [1.54, 1.807) is 12.1 Å². The van der Waals surface area contributed by atoms with Gasteiger partial charge in [-0.1, -0.05) is 45.2 Å². The maximum atomic E-state index is 11.3. The molecule has 0 spiro atoms. The maximum Gasteiger partial charge on any atom is 0.238 e. The number of benzene rings is 1. The lowest BCUT2D eigenvalue weighted by Crippen LogP contribution is -2.31. The third-order valence-corrected chi connectivity index (χ3v) is 4.67. The molecule has 1 aromatic carbocycles. The minimum atomic E-state index is -3.61. The fraction of sp³-hybridized carbons (Fsp3) is 0.625. The topological polar surface area (TPSA) is 72.2 Å². The van der Waals surface area contributed by atoms with Gasteiger partial charge in [-0.25, -0.2) is 13.6 Å². The molecule has 0 saturated carbocycles. The largest absolute Gasteiger partial charge is 0.307 e. The monoisotopic (exact) mass is 312 g/mol. The predicted octanol–water partition coefficient (Wildman–Crippen LogP) is 3.34. The van der Waals surface area contributed by atoms with E-state index in [-0.39, 0.29) is 10.9 Å². The molecule has 1 aromatic rings. The molecule has 0 aromatic heterocycles. The molecule has 120 valence electrons. The first-order valence-electron chi connectivity index (χ1n) is 7.77. The van der Waals surface area contributed by atoms with Gasteiger partial charge in [0.15, 0.2) is 0 Å². The van der Waals surface area contributed by atoms with Gasteiger partial charge in [0.05, 0.1) is 4.90 Å². The van der Waals surface area contributed by atoms with Crippen LogP contribution in [0.5, 0.6) is 0 Å². The van der Waals surface area contributed by atoms with E-state index >= 15 is 0 Å². The number of hydrogen-bond acceptors (Lipinski definition) is 3. The van der Waals surface area contributed by atoms with Crippen LogP contribution in [0.3, 0.4) is 0 Å². The molecule has 0 heterocycles. The van der Waals surface area contributed by atoms with Crippen LogP contribution in [0, 0.1) is 0 Å². The highest BCUT2D eigenvalue weighted by atomic mass is 32.2. The average Bonchev–Trinajstić information content (AvgIpc) is 2.44. The molecule has 1 rings (SSSR count).